The van der Waals surface area contributed by atoms with Gasteiger partial charge in [0, 0.05) is 0 Å². The summed E-state index contributed by atoms with van der Waals surface area (Å²) in [6.07, 6.45) is 0. The van der Waals surface area contributed by atoms with Crippen molar-refractivity contribution in [2.24, 2.45) is 10.7 Å². The Morgan fingerprint density at radius 1 is 1.22 bits per heavy atom. The van der Waals surface area contributed by atoms with Gasteiger partial charge in [-0.05, 0) is 36.4 Å². The maximum absolute atomic E-state index is 6.14. The van der Waals surface area contributed by atoms with Gasteiger partial charge in [-0.2, -0.15) is 4.80 Å². The van der Waals surface area contributed by atoms with Crippen LogP contribution in [0.2, 0.25) is 5.02 Å². The third kappa shape index (κ3) is 3.23. The van der Waals surface area contributed by atoms with Crippen molar-refractivity contribution >= 4 is 45.8 Å². The molecule has 0 saturated carbocycles. The van der Waals surface area contributed by atoms with Gasteiger partial charge in [0.2, 0.25) is 0 Å². The Balaban J connectivity index is 2.01. The predicted molar refractivity (Wildman–Crippen MR) is 92.4 cm³/mol. The van der Waals surface area contributed by atoms with Crippen LogP contribution < -0.4 is 10.5 Å². The highest BCUT2D eigenvalue weighted by Gasteiger charge is 2.08. The second kappa shape index (κ2) is 6.44. The molecule has 2 aromatic carbocycles. The molecule has 3 aromatic rings. The van der Waals surface area contributed by atoms with E-state index in [1.807, 2.05) is 18.2 Å². The first-order chi connectivity index (χ1) is 11.1. The van der Waals surface area contributed by atoms with Crippen LogP contribution in [0.15, 0.2) is 41.4 Å². The molecule has 0 amide bonds. The van der Waals surface area contributed by atoms with E-state index in [2.05, 4.69) is 15.2 Å². The molecule has 118 valence electrons. The van der Waals surface area contributed by atoms with Gasteiger partial charge in [0.1, 0.15) is 22.6 Å². The molecule has 1 aromatic heterocycles. The lowest BCUT2D eigenvalue weighted by Gasteiger charge is -2.04. The van der Waals surface area contributed by atoms with Crippen LogP contribution in [0.3, 0.4) is 0 Å². The van der Waals surface area contributed by atoms with Crippen molar-refractivity contribution in [2.75, 3.05) is 13.0 Å². The van der Waals surface area contributed by atoms with E-state index in [-0.39, 0.29) is 5.88 Å². The standard InChI is InChI=1S/C15H13Cl2N5O/c1-23-14-5-3-10(7-11(14)17)22-20-12-4-2-9(6-13(12)21-22)19-15(18)8-16/h2-7H,8H2,1H3,(H2,18,19). The number of alkyl halides is 1. The minimum atomic E-state index is 0.176. The van der Waals surface area contributed by atoms with E-state index in [0.29, 0.717) is 27.8 Å². The Morgan fingerprint density at radius 2 is 2.00 bits per heavy atom. The van der Waals surface area contributed by atoms with E-state index in [1.54, 1.807) is 25.3 Å². The predicted octanol–water partition coefficient (Wildman–Crippen LogP) is 3.31. The van der Waals surface area contributed by atoms with Crippen LogP contribution in [-0.2, 0) is 0 Å². The molecule has 0 fully saturated rings. The molecule has 0 aliphatic rings. The van der Waals surface area contributed by atoms with Gasteiger partial charge in [-0.3, -0.25) is 0 Å². The molecule has 0 saturated heterocycles. The maximum atomic E-state index is 6.14. The first-order valence-corrected chi connectivity index (χ1v) is 7.62. The normalized spacial score (nSPS) is 11.9. The lowest BCUT2D eigenvalue weighted by Crippen LogP contribution is -2.12. The fourth-order valence-electron chi connectivity index (χ4n) is 2.06. The molecule has 0 radical (unpaired) electrons. The van der Waals surface area contributed by atoms with Crippen molar-refractivity contribution in [3.8, 4) is 11.4 Å². The van der Waals surface area contributed by atoms with Crippen molar-refractivity contribution in [1.82, 2.24) is 15.0 Å². The van der Waals surface area contributed by atoms with Crippen molar-refractivity contribution in [2.45, 2.75) is 0 Å². The third-order valence-corrected chi connectivity index (χ3v) is 3.71. The molecule has 6 nitrogen and oxygen atoms in total. The second-order valence-electron chi connectivity index (χ2n) is 4.72. The summed E-state index contributed by atoms with van der Waals surface area (Å²) in [5, 5.41) is 9.35. The van der Waals surface area contributed by atoms with E-state index >= 15 is 0 Å². The van der Waals surface area contributed by atoms with Crippen LogP contribution >= 0.6 is 23.2 Å². The Morgan fingerprint density at radius 3 is 2.70 bits per heavy atom. The molecule has 0 aliphatic carbocycles. The molecule has 0 spiro atoms. The highest BCUT2D eigenvalue weighted by atomic mass is 35.5. The summed E-state index contributed by atoms with van der Waals surface area (Å²) in [4.78, 5) is 5.70. The number of aromatic nitrogens is 3. The van der Waals surface area contributed by atoms with Crippen LogP contribution in [0, 0.1) is 0 Å². The summed E-state index contributed by atoms with van der Waals surface area (Å²) in [5.74, 6) is 1.12. The molecule has 1 heterocycles. The molecular formula is C15H13Cl2N5O. The number of hydrogen-bond acceptors (Lipinski definition) is 4. The van der Waals surface area contributed by atoms with Crippen LogP contribution in [0.25, 0.3) is 16.7 Å². The highest BCUT2D eigenvalue weighted by Crippen LogP contribution is 2.27. The summed E-state index contributed by atoms with van der Waals surface area (Å²) in [6, 6.07) is 10.8. The maximum Gasteiger partial charge on any atom is 0.137 e. The van der Waals surface area contributed by atoms with Crippen molar-refractivity contribution < 1.29 is 4.74 Å². The number of halogens is 2. The fraction of sp³-hybridized carbons (Fsp3) is 0.133. The van der Waals surface area contributed by atoms with Gasteiger partial charge in [-0.1, -0.05) is 11.6 Å². The monoisotopic (exact) mass is 349 g/mol. The number of rotatable bonds is 4. The largest absolute Gasteiger partial charge is 0.495 e. The lowest BCUT2D eigenvalue weighted by atomic mass is 10.3. The topological polar surface area (TPSA) is 78.3 Å². The van der Waals surface area contributed by atoms with Gasteiger partial charge in [-0.25, -0.2) is 4.99 Å². The fourth-order valence-corrected chi connectivity index (χ4v) is 2.38. The van der Waals surface area contributed by atoms with Gasteiger partial charge in [0.25, 0.3) is 0 Å². The Hall–Kier alpha value is -2.31. The second-order valence-corrected chi connectivity index (χ2v) is 5.39. The van der Waals surface area contributed by atoms with Gasteiger partial charge >= 0.3 is 0 Å². The first-order valence-electron chi connectivity index (χ1n) is 6.70. The van der Waals surface area contributed by atoms with E-state index < -0.39 is 0 Å². The van der Waals surface area contributed by atoms with Crippen LogP contribution in [0.1, 0.15) is 0 Å². The number of benzene rings is 2. The Labute approximate surface area is 142 Å². The Bertz CT molecular complexity index is 891. The molecule has 0 atom stereocenters. The average molecular weight is 350 g/mol. The third-order valence-electron chi connectivity index (χ3n) is 3.14. The molecular weight excluding hydrogens is 337 g/mol. The minimum absolute atomic E-state index is 0.176. The van der Waals surface area contributed by atoms with E-state index in [0.717, 1.165) is 11.2 Å². The van der Waals surface area contributed by atoms with E-state index in [4.69, 9.17) is 33.7 Å². The van der Waals surface area contributed by atoms with Crippen molar-refractivity contribution in [1.29, 1.82) is 0 Å². The number of nitrogens with zero attached hydrogens (tertiary/aromatic N) is 4. The molecule has 8 heteroatoms. The summed E-state index contributed by atoms with van der Waals surface area (Å²) < 4.78 is 5.14. The number of nitrogens with two attached hydrogens (primary N) is 1. The summed E-state index contributed by atoms with van der Waals surface area (Å²) in [5.41, 5.74) is 8.48. The number of aliphatic imine (C=N–C) groups is 1. The smallest absolute Gasteiger partial charge is 0.137 e. The highest BCUT2D eigenvalue weighted by molar-refractivity contribution is 6.32. The molecule has 0 aliphatic heterocycles. The quantitative estimate of drug-likeness (QED) is 0.445. The van der Waals surface area contributed by atoms with Crippen molar-refractivity contribution in [3.63, 3.8) is 0 Å². The molecule has 23 heavy (non-hydrogen) atoms. The molecule has 3 rings (SSSR count). The van der Waals surface area contributed by atoms with Gasteiger partial charge in [0.15, 0.2) is 0 Å². The number of methoxy groups -OCH3 is 1. The minimum Gasteiger partial charge on any atom is -0.495 e. The average Bonchev–Trinajstić information content (AvgIpc) is 2.97. The summed E-state index contributed by atoms with van der Waals surface area (Å²) >= 11 is 11.8. The number of amidine groups is 1. The van der Waals surface area contributed by atoms with Crippen LogP contribution in [-0.4, -0.2) is 33.8 Å². The van der Waals surface area contributed by atoms with Crippen LogP contribution in [0.4, 0.5) is 5.69 Å². The zero-order valence-electron chi connectivity index (χ0n) is 12.2. The van der Waals surface area contributed by atoms with Gasteiger partial charge in [0.05, 0.1) is 29.4 Å². The molecule has 2 N–H and O–H groups in total. The van der Waals surface area contributed by atoms with E-state index in [9.17, 15) is 0 Å². The van der Waals surface area contributed by atoms with Crippen molar-refractivity contribution in [3.05, 3.63) is 41.4 Å². The van der Waals surface area contributed by atoms with E-state index in [1.165, 1.54) is 4.80 Å². The number of fused-ring (bicyclic) bond motifs is 1. The first kappa shape index (κ1) is 15.6. The zero-order valence-corrected chi connectivity index (χ0v) is 13.7. The van der Waals surface area contributed by atoms with Gasteiger partial charge in [-0.15, -0.1) is 21.8 Å². The zero-order chi connectivity index (χ0) is 16.4. The summed E-state index contributed by atoms with van der Waals surface area (Å²) in [7, 11) is 1.57. The SMILES string of the molecule is COc1ccc(-n2nc3ccc(N=C(N)CCl)cc3n2)cc1Cl. The lowest BCUT2D eigenvalue weighted by molar-refractivity contribution is 0.415. The Kier molecular flexibility index (Phi) is 4.36. The van der Waals surface area contributed by atoms with Crippen LogP contribution in [0.5, 0.6) is 5.75 Å². The number of hydrogen-bond donors (Lipinski definition) is 1. The molecule has 0 bridgehead atoms. The number of ether oxygens (including phenoxy) is 1. The summed E-state index contributed by atoms with van der Waals surface area (Å²) in [6.45, 7) is 0. The molecule has 0 unspecified atom stereocenters. The van der Waals surface area contributed by atoms with Gasteiger partial charge < -0.3 is 10.5 Å².